The van der Waals surface area contributed by atoms with Gasteiger partial charge in [-0.2, -0.15) is 5.26 Å². The lowest BCUT2D eigenvalue weighted by Gasteiger charge is -2.12. The molecule has 0 radical (unpaired) electrons. The van der Waals surface area contributed by atoms with Crippen LogP contribution in [0.2, 0.25) is 0 Å². The zero-order valence-corrected chi connectivity index (χ0v) is 16.5. The number of esters is 1. The summed E-state index contributed by atoms with van der Waals surface area (Å²) in [5.41, 5.74) is 3.27. The molecule has 7 nitrogen and oxygen atoms in total. The normalized spacial score (nSPS) is 10.4. The first-order valence-corrected chi connectivity index (χ1v) is 9.06. The summed E-state index contributed by atoms with van der Waals surface area (Å²) in [5, 5.41) is 12.3. The molecule has 1 aromatic carbocycles. The monoisotopic (exact) mass is 391 g/mol. The van der Waals surface area contributed by atoms with Gasteiger partial charge < -0.3 is 19.0 Å². The van der Waals surface area contributed by atoms with Crippen LogP contribution in [0.3, 0.4) is 0 Å². The number of amides is 1. The minimum atomic E-state index is -0.581. The fourth-order valence-corrected chi connectivity index (χ4v) is 3.04. The van der Waals surface area contributed by atoms with Crippen molar-refractivity contribution in [1.29, 1.82) is 5.26 Å². The number of nitrogens with one attached hydrogen (secondary N) is 1. The number of furan rings is 1. The number of hydrogen-bond donors (Lipinski definition) is 1. The van der Waals surface area contributed by atoms with E-state index in [9.17, 15) is 14.9 Å². The van der Waals surface area contributed by atoms with Gasteiger partial charge in [-0.25, -0.2) is 4.79 Å². The van der Waals surface area contributed by atoms with Crippen LogP contribution in [0, 0.1) is 32.1 Å². The summed E-state index contributed by atoms with van der Waals surface area (Å²) in [7, 11) is 0. The SMILES string of the molecule is Cc1cccc(C(=O)OCC(=O)Nc2c(C#N)c(C)c(C)n2Cc2ccco2)c1. The van der Waals surface area contributed by atoms with Crippen molar-refractivity contribution in [1.82, 2.24) is 4.57 Å². The number of benzene rings is 1. The van der Waals surface area contributed by atoms with E-state index in [0.717, 1.165) is 16.8 Å². The molecule has 0 bridgehead atoms. The lowest BCUT2D eigenvalue weighted by atomic mass is 10.1. The predicted molar refractivity (Wildman–Crippen MR) is 107 cm³/mol. The van der Waals surface area contributed by atoms with Crippen molar-refractivity contribution in [2.45, 2.75) is 27.3 Å². The van der Waals surface area contributed by atoms with Crippen LogP contribution in [0.1, 0.15) is 38.5 Å². The smallest absolute Gasteiger partial charge is 0.338 e. The fourth-order valence-electron chi connectivity index (χ4n) is 3.04. The molecular weight excluding hydrogens is 370 g/mol. The number of nitriles is 1. The number of rotatable bonds is 6. The van der Waals surface area contributed by atoms with E-state index >= 15 is 0 Å². The Bertz CT molecular complexity index is 1090. The molecule has 148 valence electrons. The Hall–Kier alpha value is -3.79. The summed E-state index contributed by atoms with van der Waals surface area (Å²) in [6, 6.07) is 12.7. The second-order valence-electron chi connectivity index (χ2n) is 6.71. The highest BCUT2D eigenvalue weighted by atomic mass is 16.5. The van der Waals surface area contributed by atoms with Gasteiger partial charge in [0.1, 0.15) is 17.6 Å². The molecule has 0 saturated heterocycles. The molecule has 0 aliphatic rings. The first kappa shape index (κ1) is 20.0. The first-order chi connectivity index (χ1) is 13.9. The van der Waals surface area contributed by atoms with Gasteiger partial charge in [0.2, 0.25) is 0 Å². The van der Waals surface area contributed by atoms with E-state index in [1.165, 1.54) is 0 Å². The van der Waals surface area contributed by atoms with Gasteiger partial charge in [-0.1, -0.05) is 17.7 Å². The van der Waals surface area contributed by atoms with E-state index in [0.29, 0.717) is 29.2 Å². The average molecular weight is 391 g/mol. The third-order valence-corrected chi connectivity index (χ3v) is 4.68. The number of carbonyl (C=O) groups is 2. The molecule has 1 N–H and O–H groups in total. The maximum atomic E-state index is 12.4. The molecule has 0 fully saturated rings. The molecule has 29 heavy (non-hydrogen) atoms. The maximum absolute atomic E-state index is 12.4. The second kappa shape index (κ2) is 8.48. The molecular formula is C22H21N3O4. The largest absolute Gasteiger partial charge is 0.467 e. The molecule has 0 aliphatic carbocycles. The van der Waals surface area contributed by atoms with E-state index in [1.54, 1.807) is 35.1 Å². The number of ether oxygens (including phenoxy) is 1. The molecule has 1 amide bonds. The lowest BCUT2D eigenvalue weighted by Crippen LogP contribution is -2.23. The van der Waals surface area contributed by atoms with Gasteiger partial charge in [0.25, 0.3) is 5.91 Å². The van der Waals surface area contributed by atoms with Crippen LogP contribution in [0.4, 0.5) is 5.82 Å². The molecule has 7 heteroatoms. The summed E-state index contributed by atoms with van der Waals surface area (Å²) >= 11 is 0. The van der Waals surface area contributed by atoms with Crippen LogP contribution in [-0.2, 0) is 16.1 Å². The van der Waals surface area contributed by atoms with E-state index in [2.05, 4.69) is 11.4 Å². The highest BCUT2D eigenvalue weighted by molar-refractivity contribution is 5.96. The fraction of sp³-hybridized carbons (Fsp3) is 0.227. The molecule has 3 rings (SSSR count). The highest BCUT2D eigenvalue weighted by Crippen LogP contribution is 2.27. The molecule has 3 aromatic rings. The van der Waals surface area contributed by atoms with Gasteiger partial charge in [0.15, 0.2) is 6.61 Å². The van der Waals surface area contributed by atoms with E-state index < -0.39 is 18.5 Å². The topological polar surface area (TPSA) is 97.3 Å². The van der Waals surface area contributed by atoms with Gasteiger partial charge in [0, 0.05) is 5.69 Å². The van der Waals surface area contributed by atoms with Gasteiger partial charge in [0.05, 0.1) is 23.9 Å². The number of aromatic nitrogens is 1. The Kier molecular flexibility index (Phi) is 5.84. The van der Waals surface area contributed by atoms with E-state index in [-0.39, 0.29) is 0 Å². The van der Waals surface area contributed by atoms with Crippen LogP contribution in [-0.4, -0.2) is 23.1 Å². The minimum Gasteiger partial charge on any atom is -0.467 e. The summed E-state index contributed by atoms with van der Waals surface area (Å²) in [5.74, 6) is -0.0622. The minimum absolute atomic E-state index is 0.357. The van der Waals surface area contributed by atoms with Crippen molar-refractivity contribution in [2.75, 3.05) is 11.9 Å². The van der Waals surface area contributed by atoms with Crippen molar-refractivity contribution >= 4 is 17.7 Å². The Morgan fingerprint density at radius 1 is 1.21 bits per heavy atom. The van der Waals surface area contributed by atoms with Gasteiger partial charge >= 0.3 is 5.97 Å². The molecule has 0 atom stereocenters. The molecule has 0 saturated carbocycles. The number of aryl methyl sites for hydroxylation is 1. The summed E-state index contributed by atoms with van der Waals surface area (Å²) < 4.78 is 12.3. The first-order valence-electron chi connectivity index (χ1n) is 9.06. The Balaban J connectivity index is 1.75. The Morgan fingerprint density at radius 2 is 2.00 bits per heavy atom. The maximum Gasteiger partial charge on any atom is 0.338 e. The van der Waals surface area contributed by atoms with Crippen molar-refractivity contribution < 1.29 is 18.7 Å². The van der Waals surface area contributed by atoms with Crippen molar-refractivity contribution in [3.8, 4) is 6.07 Å². The summed E-state index contributed by atoms with van der Waals surface area (Å²) in [6.45, 7) is 5.46. The van der Waals surface area contributed by atoms with E-state index in [4.69, 9.17) is 9.15 Å². The van der Waals surface area contributed by atoms with Crippen molar-refractivity contribution in [3.05, 3.63) is 76.4 Å². The highest BCUT2D eigenvalue weighted by Gasteiger charge is 2.21. The van der Waals surface area contributed by atoms with Gasteiger partial charge in [-0.3, -0.25) is 4.79 Å². The molecule has 0 aliphatic heterocycles. The number of carbonyl (C=O) groups excluding carboxylic acids is 2. The lowest BCUT2D eigenvalue weighted by molar-refractivity contribution is -0.119. The summed E-state index contributed by atoms with van der Waals surface area (Å²) in [4.78, 5) is 24.6. The standard InChI is InChI=1S/C22H21N3O4/c1-14-6-4-7-17(10-14)22(27)29-13-20(26)24-21-19(11-23)15(2)16(3)25(21)12-18-8-5-9-28-18/h4-10H,12-13H2,1-3H3,(H,24,26). The van der Waals surface area contributed by atoms with Crippen LogP contribution in [0.5, 0.6) is 0 Å². The second-order valence-corrected chi connectivity index (χ2v) is 6.71. The number of hydrogen-bond acceptors (Lipinski definition) is 5. The van der Waals surface area contributed by atoms with Crippen LogP contribution in [0.25, 0.3) is 0 Å². The zero-order valence-electron chi connectivity index (χ0n) is 16.5. The van der Waals surface area contributed by atoms with Crippen LogP contribution in [0.15, 0.2) is 47.1 Å². The number of anilines is 1. The van der Waals surface area contributed by atoms with Crippen LogP contribution >= 0.6 is 0 Å². The summed E-state index contributed by atoms with van der Waals surface area (Å²) in [6.07, 6.45) is 1.56. The van der Waals surface area contributed by atoms with Crippen molar-refractivity contribution in [2.24, 2.45) is 0 Å². The third kappa shape index (κ3) is 4.38. The van der Waals surface area contributed by atoms with Crippen LogP contribution < -0.4 is 5.32 Å². The number of nitrogens with zero attached hydrogens (tertiary/aromatic N) is 2. The third-order valence-electron chi connectivity index (χ3n) is 4.68. The molecule has 2 heterocycles. The van der Waals surface area contributed by atoms with Gasteiger partial charge in [-0.15, -0.1) is 0 Å². The average Bonchev–Trinajstić information content (AvgIpc) is 3.29. The zero-order chi connectivity index (χ0) is 21.0. The molecule has 0 spiro atoms. The predicted octanol–water partition coefficient (Wildman–Crippen LogP) is 3.72. The Labute approximate surface area is 168 Å². The van der Waals surface area contributed by atoms with Gasteiger partial charge in [-0.05, 0) is 50.6 Å². The molecule has 2 aromatic heterocycles. The van der Waals surface area contributed by atoms with E-state index in [1.807, 2.05) is 32.9 Å². The Morgan fingerprint density at radius 3 is 2.66 bits per heavy atom. The molecule has 0 unspecified atom stereocenters. The quantitative estimate of drug-likeness (QED) is 0.646. The van der Waals surface area contributed by atoms with Crippen molar-refractivity contribution in [3.63, 3.8) is 0 Å².